The van der Waals surface area contributed by atoms with Gasteiger partial charge in [-0.3, -0.25) is 14.4 Å². The molecule has 1 atom stereocenters. The molecule has 1 fully saturated rings. The highest BCUT2D eigenvalue weighted by molar-refractivity contribution is 7.89. The van der Waals surface area contributed by atoms with Crippen molar-refractivity contribution in [3.8, 4) is 0 Å². The Kier molecular flexibility index (Phi) is 9.50. The van der Waals surface area contributed by atoms with E-state index < -0.39 is 39.8 Å². The second-order valence-corrected chi connectivity index (χ2v) is 9.20. The van der Waals surface area contributed by atoms with E-state index in [0.29, 0.717) is 36.6 Å². The number of carbonyl (C=O) groups excluding carboxylic acids is 3. The molecule has 1 aliphatic rings. The number of ether oxygens (including phenoxy) is 1. The van der Waals surface area contributed by atoms with Crippen molar-refractivity contribution >= 4 is 28.0 Å². The molecule has 1 aromatic rings. The molecule has 0 saturated carbocycles. The molecule has 0 aromatic carbocycles. The minimum Gasteiger partial charge on any atom is -0.468 e. The molecule has 1 aliphatic heterocycles. The summed E-state index contributed by atoms with van der Waals surface area (Å²) in [6, 6.07) is 3.26. The van der Waals surface area contributed by atoms with Gasteiger partial charge in [-0.05, 0) is 36.9 Å². The normalized spacial score (nSPS) is 15.0. The van der Waals surface area contributed by atoms with Crippen molar-refractivity contribution in [1.82, 2.24) is 9.37 Å². The summed E-state index contributed by atoms with van der Waals surface area (Å²) in [4.78, 5) is 42.7. The third kappa shape index (κ3) is 7.87. The zero-order chi connectivity index (χ0) is 23.6. The zero-order valence-corrected chi connectivity index (χ0v) is 18.4. The van der Waals surface area contributed by atoms with Crippen LogP contribution in [0.25, 0.3) is 10.4 Å². The van der Waals surface area contributed by atoms with Crippen molar-refractivity contribution in [3.05, 3.63) is 34.6 Å². The Balaban J connectivity index is 1.98. The number of unbranched alkanes of at least 4 members (excludes halogenated alkanes) is 2. The predicted molar refractivity (Wildman–Crippen MR) is 109 cm³/mol. The van der Waals surface area contributed by atoms with E-state index in [0.717, 1.165) is 4.31 Å². The van der Waals surface area contributed by atoms with Crippen LogP contribution >= 0.6 is 0 Å². The topological polar surface area (TPSA) is 172 Å². The van der Waals surface area contributed by atoms with E-state index in [9.17, 15) is 22.8 Å². The number of hydrogen-bond acceptors (Lipinski definition) is 9. The standard InChI is InChI=1S/C18H25N5O8S/c1-22(12-14-7-5-11-29-14)32(27,28)13-15(6-3-2-4-10-20-21-19)30-18(26)31-23-16(24)8-9-17(23)25/h5,7,11,15H,2-4,6,8-10,12-13H2,1H3. The van der Waals surface area contributed by atoms with Crippen LogP contribution in [0.15, 0.2) is 27.9 Å². The molecule has 2 rings (SSSR count). The van der Waals surface area contributed by atoms with Crippen molar-refractivity contribution in [1.29, 1.82) is 0 Å². The highest BCUT2D eigenvalue weighted by atomic mass is 32.2. The van der Waals surface area contributed by atoms with Gasteiger partial charge in [0.15, 0.2) is 0 Å². The van der Waals surface area contributed by atoms with Gasteiger partial charge in [-0.1, -0.05) is 16.6 Å². The third-order valence-corrected chi connectivity index (χ3v) is 6.48. The van der Waals surface area contributed by atoms with Crippen LogP contribution in [0.4, 0.5) is 4.79 Å². The van der Waals surface area contributed by atoms with Crippen LogP contribution in [-0.4, -0.2) is 61.2 Å². The average molecular weight is 471 g/mol. The van der Waals surface area contributed by atoms with Crippen LogP contribution in [0.3, 0.4) is 0 Å². The van der Waals surface area contributed by atoms with Crippen molar-refractivity contribution in [2.75, 3.05) is 19.3 Å². The Morgan fingerprint density at radius 3 is 2.66 bits per heavy atom. The lowest BCUT2D eigenvalue weighted by molar-refractivity contribution is -0.178. The van der Waals surface area contributed by atoms with E-state index in [1.807, 2.05) is 0 Å². The first-order valence-corrected chi connectivity index (χ1v) is 11.6. The number of carbonyl (C=O) groups is 3. The maximum absolute atomic E-state index is 12.7. The monoisotopic (exact) mass is 471 g/mol. The van der Waals surface area contributed by atoms with Gasteiger partial charge < -0.3 is 9.15 Å². The third-order valence-electron chi connectivity index (χ3n) is 4.61. The van der Waals surface area contributed by atoms with Crippen molar-refractivity contribution in [2.24, 2.45) is 5.11 Å². The van der Waals surface area contributed by atoms with E-state index in [-0.39, 0.29) is 25.8 Å². The second-order valence-electron chi connectivity index (χ2n) is 7.08. The van der Waals surface area contributed by atoms with Gasteiger partial charge in [-0.15, -0.1) is 0 Å². The first kappa shape index (κ1) is 25.2. The van der Waals surface area contributed by atoms with Gasteiger partial charge in [0.1, 0.15) is 17.6 Å². The van der Waals surface area contributed by atoms with Crippen molar-refractivity contribution in [3.63, 3.8) is 0 Å². The van der Waals surface area contributed by atoms with Gasteiger partial charge in [0.05, 0.1) is 12.8 Å². The molecule has 176 valence electrons. The summed E-state index contributed by atoms with van der Waals surface area (Å²) in [5.41, 5.74) is 8.29. The molecule has 0 spiro atoms. The number of rotatable bonds is 13. The Bertz CT molecular complexity index is 927. The van der Waals surface area contributed by atoms with Gasteiger partial charge in [0, 0.05) is 31.3 Å². The maximum atomic E-state index is 12.7. The molecule has 14 heteroatoms. The Hall–Kier alpha value is -3.09. The minimum absolute atomic E-state index is 0.00452. The molecule has 1 aromatic heterocycles. The Morgan fingerprint density at radius 2 is 2.03 bits per heavy atom. The van der Waals surface area contributed by atoms with Crippen LogP contribution < -0.4 is 0 Å². The van der Waals surface area contributed by atoms with Crippen molar-refractivity contribution in [2.45, 2.75) is 51.2 Å². The smallest absolute Gasteiger partial charge is 0.468 e. The maximum Gasteiger partial charge on any atom is 0.534 e. The van der Waals surface area contributed by atoms with Gasteiger partial charge in [-0.25, -0.2) is 13.2 Å². The molecular formula is C18H25N5O8S. The highest BCUT2D eigenvalue weighted by Crippen LogP contribution is 2.17. The Morgan fingerprint density at radius 1 is 1.31 bits per heavy atom. The molecule has 13 nitrogen and oxygen atoms in total. The summed E-state index contributed by atoms with van der Waals surface area (Å²) in [5.74, 6) is -1.44. The summed E-state index contributed by atoms with van der Waals surface area (Å²) in [6.45, 7) is 0.295. The summed E-state index contributed by atoms with van der Waals surface area (Å²) >= 11 is 0. The molecule has 0 bridgehead atoms. The lowest BCUT2D eigenvalue weighted by Gasteiger charge is -2.22. The first-order chi connectivity index (χ1) is 15.2. The van der Waals surface area contributed by atoms with Crippen LogP contribution in [0.1, 0.15) is 44.3 Å². The zero-order valence-electron chi connectivity index (χ0n) is 17.6. The first-order valence-electron chi connectivity index (χ1n) is 9.94. The molecule has 2 heterocycles. The molecule has 1 saturated heterocycles. The van der Waals surface area contributed by atoms with Crippen LogP contribution in [0, 0.1) is 0 Å². The van der Waals surface area contributed by atoms with Crippen LogP contribution in [0.2, 0.25) is 0 Å². The number of hydrogen-bond donors (Lipinski definition) is 0. The van der Waals surface area contributed by atoms with Crippen LogP contribution in [0.5, 0.6) is 0 Å². The number of azide groups is 1. The highest BCUT2D eigenvalue weighted by Gasteiger charge is 2.35. The molecule has 1 unspecified atom stereocenters. The molecular weight excluding hydrogens is 446 g/mol. The molecule has 2 amide bonds. The van der Waals surface area contributed by atoms with Crippen molar-refractivity contribution < 1.29 is 36.8 Å². The fourth-order valence-corrected chi connectivity index (χ4v) is 4.21. The number of hydroxylamine groups is 2. The van der Waals surface area contributed by atoms with Gasteiger partial charge >= 0.3 is 6.16 Å². The number of imide groups is 1. The fraction of sp³-hybridized carbons (Fsp3) is 0.611. The van der Waals surface area contributed by atoms with E-state index in [4.69, 9.17) is 14.7 Å². The lowest BCUT2D eigenvalue weighted by Crippen LogP contribution is -2.38. The molecule has 0 aliphatic carbocycles. The van der Waals surface area contributed by atoms with E-state index in [1.54, 1.807) is 12.1 Å². The van der Waals surface area contributed by atoms with E-state index in [2.05, 4.69) is 14.9 Å². The second kappa shape index (κ2) is 12.1. The van der Waals surface area contributed by atoms with Crippen LogP contribution in [-0.2, 0) is 35.7 Å². The number of furan rings is 1. The number of sulfonamides is 1. The quantitative estimate of drug-likeness (QED) is 0.105. The molecule has 32 heavy (non-hydrogen) atoms. The number of nitrogens with zero attached hydrogens (tertiary/aromatic N) is 5. The van der Waals surface area contributed by atoms with Gasteiger partial charge in [0.2, 0.25) is 10.0 Å². The minimum atomic E-state index is -3.85. The Labute approximate surface area is 184 Å². The fourth-order valence-electron chi connectivity index (χ4n) is 2.92. The number of amides is 2. The predicted octanol–water partition coefficient (Wildman–Crippen LogP) is 2.50. The largest absolute Gasteiger partial charge is 0.534 e. The molecule has 0 radical (unpaired) electrons. The summed E-state index contributed by atoms with van der Waals surface area (Å²) < 4.78 is 36.9. The average Bonchev–Trinajstić information content (AvgIpc) is 3.35. The van der Waals surface area contributed by atoms with E-state index in [1.165, 1.54) is 13.3 Å². The lowest BCUT2D eigenvalue weighted by atomic mass is 10.1. The van der Waals surface area contributed by atoms with Gasteiger partial charge in [-0.2, -0.15) is 4.31 Å². The summed E-state index contributed by atoms with van der Waals surface area (Å²) in [7, 11) is -2.49. The summed E-state index contributed by atoms with van der Waals surface area (Å²) in [5, 5.41) is 3.75. The summed E-state index contributed by atoms with van der Waals surface area (Å²) in [6.07, 6.45) is 0.714. The SMILES string of the molecule is CN(Cc1ccco1)S(=O)(=O)CC(CCCCCN=[N+]=[N-])OC(=O)ON1C(=O)CCC1=O. The van der Waals surface area contributed by atoms with Gasteiger partial charge in [0.25, 0.3) is 11.8 Å². The van der Waals surface area contributed by atoms with E-state index >= 15 is 0 Å². The molecule has 0 N–H and O–H groups in total.